The van der Waals surface area contributed by atoms with Gasteiger partial charge in [-0.05, 0) is 37.9 Å². The summed E-state index contributed by atoms with van der Waals surface area (Å²) in [7, 11) is 3.90. The normalized spacial score (nSPS) is 12.2. The molecule has 0 amide bonds. The summed E-state index contributed by atoms with van der Waals surface area (Å²) in [5.41, 5.74) is 1.40. The van der Waals surface area contributed by atoms with Crippen LogP contribution in [-0.4, -0.2) is 42.8 Å². The topological polar surface area (TPSA) is 75.5 Å². The summed E-state index contributed by atoms with van der Waals surface area (Å²) in [5.74, 6) is -0.119. The number of carbonyl (C=O) groups is 1. The van der Waals surface area contributed by atoms with Gasteiger partial charge in [0, 0.05) is 35.3 Å². The fraction of sp³-hybridized carbons (Fsp3) is 0.278. The zero-order valence-corrected chi connectivity index (χ0v) is 14.9. The zero-order valence-electron chi connectivity index (χ0n) is 14.1. The van der Waals surface area contributed by atoms with E-state index in [1.807, 2.05) is 43.3 Å². The lowest BCUT2D eigenvalue weighted by Crippen LogP contribution is -2.34. The molecule has 6 nitrogen and oxygen atoms in total. The lowest BCUT2D eigenvalue weighted by molar-refractivity contribution is -0.384. The Morgan fingerprint density at radius 2 is 1.84 bits per heavy atom. The van der Waals surface area contributed by atoms with Crippen LogP contribution in [0.3, 0.4) is 0 Å². The number of ketones is 1. The summed E-state index contributed by atoms with van der Waals surface area (Å²) >= 11 is 6.26. The molecule has 0 fully saturated rings. The SMILES string of the molecule is CN(C)C(CNCC(=O)c1ccc([N+](=O)[O-])cc1)c1ccccc1Cl. The van der Waals surface area contributed by atoms with Gasteiger partial charge in [-0.15, -0.1) is 0 Å². The minimum absolute atomic E-state index is 0.0263. The van der Waals surface area contributed by atoms with Crippen molar-refractivity contribution in [1.82, 2.24) is 10.2 Å². The van der Waals surface area contributed by atoms with Gasteiger partial charge >= 0.3 is 0 Å². The van der Waals surface area contributed by atoms with Crippen molar-refractivity contribution in [2.24, 2.45) is 0 Å². The third-order valence-corrected chi connectivity index (χ3v) is 4.26. The molecule has 0 aliphatic rings. The smallest absolute Gasteiger partial charge is 0.269 e. The number of Topliss-reactive ketones (excluding diaryl/α,β-unsaturated/α-hetero) is 1. The summed E-state index contributed by atoms with van der Waals surface area (Å²) < 4.78 is 0. The maximum Gasteiger partial charge on any atom is 0.269 e. The number of carbonyl (C=O) groups excluding carboxylic acids is 1. The molecular formula is C18H20ClN3O3. The summed E-state index contributed by atoms with van der Waals surface area (Å²) in [6.45, 7) is 0.696. The first-order valence-electron chi connectivity index (χ1n) is 7.79. The summed E-state index contributed by atoms with van der Waals surface area (Å²) in [5, 5.41) is 14.5. The number of nitro benzene ring substituents is 1. The molecule has 0 spiro atoms. The van der Waals surface area contributed by atoms with E-state index in [-0.39, 0.29) is 24.1 Å². The van der Waals surface area contributed by atoms with Crippen LogP contribution in [0.5, 0.6) is 0 Å². The minimum atomic E-state index is -0.488. The second kappa shape index (κ2) is 8.71. The molecule has 2 rings (SSSR count). The second-order valence-corrected chi connectivity index (χ2v) is 6.27. The third kappa shape index (κ3) is 5.09. The maximum absolute atomic E-state index is 12.2. The van der Waals surface area contributed by atoms with Crippen LogP contribution in [0.4, 0.5) is 5.69 Å². The number of non-ortho nitro benzene ring substituents is 1. The van der Waals surface area contributed by atoms with Crippen LogP contribution >= 0.6 is 11.6 Å². The van der Waals surface area contributed by atoms with E-state index in [2.05, 4.69) is 5.32 Å². The summed E-state index contributed by atoms with van der Waals surface area (Å²) in [6.07, 6.45) is 0. The molecular weight excluding hydrogens is 342 g/mol. The highest BCUT2D eigenvalue weighted by Crippen LogP contribution is 2.25. The minimum Gasteiger partial charge on any atom is -0.308 e. The predicted octanol–water partition coefficient (Wildman–Crippen LogP) is 3.32. The van der Waals surface area contributed by atoms with Crippen LogP contribution < -0.4 is 5.32 Å². The molecule has 0 saturated heterocycles. The highest BCUT2D eigenvalue weighted by atomic mass is 35.5. The van der Waals surface area contributed by atoms with Crippen molar-refractivity contribution >= 4 is 23.1 Å². The van der Waals surface area contributed by atoms with E-state index >= 15 is 0 Å². The fourth-order valence-corrected chi connectivity index (χ4v) is 2.77. The van der Waals surface area contributed by atoms with E-state index in [1.54, 1.807) is 0 Å². The first-order valence-corrected chi connectivity index (χ1v) is 8.17. The molecule has 2 aromatic rings. The monoisotopic (exact) mass is 361 g/mol. The molecule has 1 atom stereocenters. The van der Waals surface area contributed by atoms with Crippen LogP contribution in [0.1, 0.15) is 22.0 Å². The molecule has 0 radical (unpaired) electrons. The van der Waals surface area contributed by atoms with Gasteiger partial charge in [0.25, 0.3) is 5.69 Å². The molecule has 1 unspecified atom stereocenters. The molecule has 2 aromatic carbocycles. The second-order valence-electron chi connectivity index (χ2n) is 5.86. The number of hydrogen-bond donors (Lipinski definition) is 1. The van der Waals surface area contributed by atoms with Gasteiger partial charge < -0.3 is 10.2 Å². The molecule has 132 valence electrons. The number of nitro groups is 1. The van der Waals surface area contributed by atoms with Gasteiger partial charge in [-0.25, -0.2) is 0 Å². The largest absolute Gasteiger partial charge is 0.308 e. The van der Waals surface area contributed by atoms with Crippen molar-refractivity contribution in [2.45, 2.75) is 6.04 Å². The fourth-order valence-electron chi connectivity index (χ4n) is 2.51. The van der Waals surface area contributed by atoms with Crippen molar-refractivity contribution in [3.05, 3.63) is 74.8 Å². The van der Waals surface area contributed by atoms with Crippen molar-refractivity contribution in [3.63, 3.8) is 0 Å². The average molecular weight is 362 g/mol. The molecule has 0 heterocycles. The van der Waals surface area contributed by atoms with Gasteiger partial charge in [0.1, 0.15) is 0 Å². The van der Waals surface area contributed by atoms with E-state index in [0.29, 0.717) is 17.1 Å². The molecule has 25 heavy (non-hydrogen) atoms. The Bertz CT molecular complexity index is 747. The first-order chi connectivity index (χ1) is 11.9. The van der Waals surface area contributed by atoms with E-state index in [4.69, 9.17) is 11.6 Å². The standard InChI is InChI=1S/C18H20ClN3O3/c1-21(2)17(15-5-3-4-6-16(15)19)11-20-12-18(23)13-7-9-14(10-8-13)22(24)25/h3-10,17,20H,11-12H2,1-2H3. The predicted molar refractivity (Wildman–Crippen MR) is 98.2 cm³/mol. The van der Waals surface area contributed by atoms with Crippen LogP contribution in [0, 0.1) is 10.1 Å². The highest BCUT2D eigenvalue weighted by molar-refractivity contribution is 6.31. The molecule has 0 aromatic heterocycles. The van der Waals surface area contributed by atoms with Crippen molar-refractivity contribution in [1.29, 1.82) is 0 Å². The van der Waals surface area contributed by atoms with Crippen molar-refractivity contribution < 1.29 is 9.72 Å². The Morgan fingerprint density at radius 1 is 1.20 bits per heavy atom. The van der Waals surface area contributed by atoms with Gasteiger partial charge in [0.2, 0.25) is 0 Å². The van der Waals surface area contributed by atoms with Crippen molar-refractivity contribution in [3.8, 4) is 0 Å². The van der Waals surface area contributed by atoms with Gasteiger partial charge in [-0.3, -0.25) is 14.9 Å². The van der Waals surface area contributed by atoms with Crippen molar-refractivity contribution in [2.75, 3.05) is 27.2 Å². The highest BCUT2D eigenvalue weighted by Gasteiger charge is 2.17. The van der Waals surface area contributed by atoms with E-state index in [0.717, 1.165) is 5.56 Å². The van der Waals surface area contributed by atoms with E-state index in [1.165, 1.54) is 24.3 Å². The molecule has 7 heteroatoms. The lowest BCUT2D eigenvalue weighted by Gasteiger charge is -2.26. The van der Waals surface area contributed by atoms with E-state index < -0.39 is 4.92 Å². The third-order valence-electron chi connectivity index (χ3n) is 3.91. The van der Waals surface area contributed by atoms with Crippen LogP contribution in [0.25, 0.3) is 0 Å². The summed E-state index contributed by atoms with van der Waals surface area (Å²) in [6, 6.07) is 13.3. The van der Waals surface area contributed by atoms with Gasteiger partial charge in [0.05, 0.1) is 11.5 Å². The van der Waals surface area contributed by atoms with Gasteiger partial charge in [-0.1, -0.05) is 29.8 Å². The van der Waals surface area contributed by atoms with Gasteiger partial charge in [0.15, 0.2) is 5.78 Å². The number of nitrogens with zero attached hydrogens (tertiary/aromatic N) is 2. The number of nitrogens with one attached hydrogen (secondary N) is 1. The Kier molecular flexibility index (Phi) is 6.64. The molecule has 0 aliphatic heterocycles. The quantitative estimate of drug-likeness (QED) is 0.443. The number of hydrogen-bond acceptors (Lipinski definition) is 5. The Morgan fingerprint density at radius 3 is 2.40 bits per heavy atom. The number of halogens is 1. The number of rotatable bonds is 8. The Labute approximate surface area is 151 Å². The maximum atomic E-state index is 12.2. The molecule has 0 bridgehead atoms. The van der Waals surface area contributed by atoms with Gasteiger partial charge in [-0.2, -0.15) is 0 Å². The Hall–Kier alpha value is -2.28. The van der Waals surface area contributed by atoms with Crippen LogP contribution in [0.15, 0.2) is 48.5 Å². The molecule has 0 saturated carbocycles. The zero-order chi connectivity index (χ0) is 18.4. The van der Waals surface area contributed by atoms with E-state index in [9.17, 15) is 14.9 Å². The van der Waals surface area contributed by atoms with Crippen LogP contribution in [-0.2, 0) is 0 Å². The molecule has 0 aliphatic carbocycles. The first kappa shape index (κ1) is 19.1. The van der Waals surface area contributed by atoms with Crippen LogP contribution in [0.2, 0.25) is 5.02 Å². The number of benzene rings is 2. The summed E-state index contributed by atoms with van der Waals surface area (Å²) in [4.78, 5) is 24.4. The average Bonchev–Trinajstić information content (AvgIpc) is 2.59. The number of likely N-dealkylation sites (N-methyl/N-ethyl adjacent to an activating group) is 1. The Balaban J connectivity index is 1.96. The lowest BCUT2D eigenvalue weighted by atomic mass is 10.1. The molecule has 1 N–H and O–H groups in total.